The van der Waals surface area contributed by atoms with Crippen molar-refractivity contribution in [2.24, 2.45) is 7.05 Å². The van der Waals surface area contributed by atoms with E-state index in [4.69, 9.17) is 5.73 Å². The maximum absolute atomic E-state index is 12.8. The summed E-state index contributed by atoms with van der Waals surface area (Å²) < 4.78 is 3.70. The van der Waals surface area contributed by atoms with Gasteiger partial charge in [-0.2, -0.15) is 0 Å². The highest BCUT2D eigenvalue weighted by Crippen LogP contribution is 2.22. The predicted molar refractivity (Wildman–Crippen MR) is 89.0 cm³/mol. The van der Waals surface area contributed by atoms with Gasteiger partial charge in [0.15, 0.2) is 0 Å². The highest BCUT2D eigenvalue weighted by Gasteiger charge is 2.12. The number of hydrogen-bond acceptors (Lipinski definition) is 2. The number of nitrogens with two attached hydrogens (primary N) is 1. The van der Waals surface area contributed by atoms with Crippen LogP contribution < -0.4 is 5.73 Å². The fourth-order valence-corrected chi connectivity index (χ4v) is 2.89. The molecular formula is C18H15N3O. The molecule has 4 nitrogen and oxygen atoms in total. The third-order valence-corrected chi connectivity index (χ3v) is 4.07. The lowest BCUT2D eigenvalue weighted by Crippen LogP contribution is -2.10. The Bertz CT molecular complexity index is 1020. The molecule has 4 rings (SSSR count). The van der Waals surface area contributed by atoms with Crippen molar-refractivity contribution in [3.63, 3.8) is 0 Å². The van der Waals surface area contributed by atoms with E-state index in [1.165, 1.54) is 0 Å². The molecule has 0 aliphatic heterocycles. The Labute approximate surface area is 127 Å². The summed E-state index contributed by atoms with van der Waals surface area (Å²) in [4.78, 5) is 12.8. The van der Waals surface area contributed by atoms with E-state index >= 15 is 0 Å². The van der Waals surface area contributed by atoms with Crippen molar-refractivity contribution in [2.75, 3.05) is 5.73 Å². The van der Waals surface area contributed by atoms with Crippen LogP contribution in [-0.2, 0) is 7.05 Å². The minimum Gasteiger partial charge on any atom is -0.399 e. The highest BCUT2D eigenvalue weighted by molar-refractivity contribution is 6.04. The van der Waals surface area contributed by atoms with E-state index in [1.807, 2.05) is 66.3 Å². The molecule has 0 bridgehead atoms. The van der Waals surface area contributed by atoms with Crippen LogP contribution in [0.3, 0.4) is 0 Å². The number of aromatic nitrogens is 2. The number of aryl methyl sites for hydroxylation is 1. The van der Waals surface area contributed by atoms with Crippen molar-refractivity contribution in [3.05, 3.63) is 66.5 Å². The molecule has 0 radical (unpaired) electrons. The normalized spacial score (nSPS) is 11.3. The average Bonchev–Trinajstić information content (AvgIpc) is 3.10. The van der Waals surface area contributed by atoms with Gasteiger partial charge in [-0.25, -0.2) is 0 Å². The van der Waals surface area contributed by atoms with E-state index in [0.29, 0.717) is 11.3 Å². The SMILES string of the molecule is Cn1ccc2cc(C(=O)n3ccc4cc(N)ccc43)ccc21. The zero-order chi connectivity index (χ0) is 15.3. The standard InChI is InChI=1S/C18H15N3O/c1-20-8-6-12-10-14(2-4-16(12)20)18(22)21-9-7-13-11-15(19)3-5-17(13)21/h2-11H,19H2,1H3. The van der Waals surface area contributed by atoms with Gasteiger partial charge in [-0.3, -0.25) is 9.36 Å². The Morgan fingerprint density at radius 2 is 1.64 bits per heavy atom. The second-order valence-corrected chi connectivity index (χ2v) is 5.51. The fourth-order valence-electron chi connectivity index (χ4n) is 2.89. The first-order chi connectivity index (χ1) is 10.6. The van der Waals surface area contributed by atoms with E-state index in [0.717, 1.165) is 21.8 Å². The molecule has 2 N–H and O–H groups in total. The maximum Gasteiger partial charge on any atom is 0.262 e. The fraction of sp³-hybridized carbons (Fsp3) is 0.0556. The number of carbonyl (C=O) groups excluding carboxylic acids is 1. The zero-order valence-corrected chi connectivity index (χ0v) is 12.2. The molecule has 2 heterocycles. The molecule has 0 unspecified atom stereocenters. The minimum absolute atomic E-state index is 0.0366. The summed E-state index contributed by atoms with van der Waals surface area (Å²) in [6.07, 6.45) is 3.79. The minimum atomic E-state index is -0.0366. The topological polar surface area (TPSA) is 53.0 Å². The van der Waals surface area contributed by atoms with Crippen molar-refractivity contribution in [3.8, 4) is 0 Å². The van der Waals surface area contributed by atoms with E-state index < -0.39 is 0 Å². The van der Waals surface area contributed by atoms with Gasteiger partial charge in [0.2, 0.25) is 0 Å². The average molecular weight is 289 g/mol. The van der Waals surface area contributed by atoms with Gasteiger partial charge < -0.3 is 10.3 Å². The summed E-state index contributed by atoms with van der Waals surface area (Å²) in [6.45, 7) is 0. The summed E-state index contributed by atoms with van der Waals surface area (Å²) in [5.41, 5.74) is 9.14. The maximum atomic E-state index is 12.8. The molecule has 4 heteroatoms. The lowest BCUT2D eigenvalue weighted by molar-refractivity contribution is 0.0965. The number of anilines is 1. The third-order valence-electron chi connectivity index (χ3n) is 4.07. The lowest BCUT2D eigenvalue weighted by Gasteiger charge is -2.05. The van der Waals surface area contributed by atoms with Crippen molar-refractivity contribution in [1.29, 1.82) is 0 Å². The largest absolute Gasteiger partial charge is 0.399 e. The summed E-state index contributed by atoms with van der Waals surface area (Å²) in [7, 11) is 1.99. The Morgan fingerprint density at radius 1 is 0.909 bits per heavy atom. The van der Waals surface area contributed by atoms with E-state index in [9.17, 15) is 4.79 Å². The molecule has 0 spiro atoms. The quantitative estimate of drug-likeness (QED) is 0.546. The van der Waals surface area contributed by atoms with Crippen LogP contribution in [0.1, 0.15) is 10.4 Å². The molecule has 0 fully saturated rings. The number of nitrogens with zero attached hydrogens (tertiary/aromatic N) is 2. The zero-order valence-electron chi connectivity index (χ0n) is 12.2. The van der Waals surface area contributed by atoms with Gasteiger partial charge >= 0.3 is 0 Å². The molecule has 0 saturated carbocycles. The monoisotopic (exact) mass is 289 g/mol. The van der Waals surface area contributed by atoms with E-state index in [-0.39, 0.29) is 5.91 Å². The van der Waals surface area contributed by atoms with Crippen LogP contribution in [0, 0.1) is 0 Å². The first-order valence-corrected chi connectivity index (χ1v) is 7.10. The van der Waals surface area contributed by atoms with Crippen LogP contribution >= 0.6 is 0 Å². The smallest absolute Gasteiger partial charge is 0.262 e. The lowest BCUT2D eigenvalue weighted by atomic mass is 10.1. The van der Waals surface area contributed by atoms with Gasteiger partial charge in [-0.1, -0.05) is 0 Å². The molecule has 0 saturated heterocycles. The number of benzene rings is 2. The Morgan fingerprint density at radius 3 is 2.50 bits per heavy atom. The van der Waals surface area contributed by atoms with Crippen LogP contribution in [0.25, 0.3) is 21.8 Å². The Kier molecular flexibility index (Phi) is 2.60. The van der Waals surface area contributed by atoms with Crippen molar-refractivity contribution in [1.82, 2.24) is 9.13 Å². The summed E-state index contributed by atoms with van der Waals surface area (Å²) in [6, 6.07) is 15.3. The van der Waals surface area contributed by atoms with Crippen LogP contribution in [0.15, 0.2) is 60.9 Å². The van der Waals surface area contributed by atoms with E-state index in [2.05, 4.69) is 0 Å². The van der Waals surface area contributed by atoms with E-state index in [1.54, 1.807) is 10.8 Å². The van der Waals surface area contributed by atoms with Crippen LogP contribution in [0.5, 0.6) is 0 Å². The van der Waals surface area contributed by atoms with Crippen LogP contribution in [0.4, 0.5) is 5.69 Å². The Balaban J connectivity index is 1.84. The number of hydrogen-bond donors (Lipinski definition) is 1. The number of nitrogen functional groups attached to an aromatic ring is 1. The molecular weight excluding hydrogens is 274 g/mol. The van der Waals surface area contributed by atoms with Gasteiger partial charge in [0, 0.05) is 47.0 Å². The highest BCUT2D eigenvalue weighted by atomic mass is 16.2. The molecule has 4 aromatic rings. The predicted octanol–water partition coefficient (Wildman–Crippen LogP) is 3.40. The molecule has 22 heavy (non-hydrogen) atoms. The first-order valence-electron chi connectivity index (χ1n) is 7.10. The van der Waals surface area contributed by atoms with Gasteiger partial charge in [0.25, 0.3) is 5.91 Å². The first kappa shape index (κ1) is 12.7. The van der Waals surface area contributed by atoms with Gasteiger partial charge in [-0.05, 0) is 48.5 Å². The molecule has 0 aliphatic rings. The van der Waals surface area contributed by atoms with Crippen LogP contribution in [0.2, 0.25) is 0 Å². The van der Waals surface area contributed by atoms with Gasteiger partial charge in [0.1, 0.15) is 0 Å². The Hall–Kier alpha value is -3.01. The molecule has 2 aromatic carbocycles. The van der Waals surface area contributed by atoms with Crippen molar-refractivity contribution < 1.29 is 4.79 Å². The number of fused-ring (bicyclic) bond motifs is 2. The van der Waals surface area contributed by atoms with Crippen molar-refractivity contribution in [2.45, 2.75) is 0 Å². The molecule has 0 atom stereocenters. The number of carbonyl (C=O) groups is 1. The second kappa shape index (κ2) is 4.49. The molecule has 108 valence electrons. The summed E-state index contributed by atoms with van der Waals surface area (Å²) in [5.74, 6) is -0.0366. The molecule has 2 aromatic heterocycles. The second-order valence-electron chi connectivity index (χ2n) is 5.51. The summed E-state index contributed by atoms with van der Waals surface area (Å²) >= 11 is 0. The molecule has 0 aliphatic carbocycles. The van der Waals surface area contributed by atoms with Crippen molar-refractivity contribution >= 4 is 33.4 Å². The van der Waals surface area contributed by atoms with Gasteiger partial charge in [0.05, 0.1) is 5.52 Å². The van der Waals surface area contributed by atoms with Gasteiger partial charge in [-0.15, -0.1) is 0 Å². The summed E-state index contributed by atoms with van der Waals surface area (Å²) in [5, 5.41) is 2.03. The number of rotatable bonds is 1. The molecule has 0 amide bonds. The van der Waals surface area contributed by atoms with Crippen LogP contribution in [-0.4, -0.2) is 15.0 Å². The third kappa shape index (κ3) is 1.81.